The Bertz CT molecular complexity index is 872. The number of hydrogen-bond donors (Lipinski definition) is 2. The van der Waals surface area contributed by atoms with Crippen molar-refractivity contribution in [2.45, 2.75) is 63.7 Å². The van der Waals surface area contributed by atoms with Crippen LogP contribution in [-0.4, -0.2) is 18.0 Å². The summed E-state index contributed by atoms with van der Waals surface area (Å²) in [5.41, 5.74) is 13.0. The van der Waals surface area contributed by atoms with Crippen molar-refractivity contribution in [3.63, 3.8) is 0 Å². The molecule has 1 aromatic carbocycles. The monoisotopic (exact) mass is 379 g/mol. The van der Waals surface area contributed by atoms with E-state index >= 15 is 0 Å². The number of aromatic amines is 1. The summed E-state index contributed by atoms with van der Waals surface area (Å²) in [6, 6.07) is 12.8. The van der Waals surface area contributed by atoms with Crippen molar-refractivity contribution in [2.24, 2.45) is 0 Å². The maximum atomic E-state index is 6.02. The van der Waals surface area contributed by atoms with Crippen LogP contribution in [0.15, 0.2) is 48.8 Å². The summed E-state index contributed by atoms with van der Waals surface area (Å²) in [5.74, 6) is 0. The Kier molecular flexibility index (Phi) is 5.47. The van der Waals surface area contributed by atoms with Gasteiger partial charge in [-0.3, -0.25) is 0 Å². The number of nitrogens with two attached hydrogens (primary N) is 1. The number of nitrogen functional groups attached to an aromatic ring is 1. The highest BCUT2D eigenvalue weighted by atomic mass is 28.3. The maximum absolute atomic E-state index is 6.02. The molecule has 0 amide bonds. The van der Waals surface area contributed by atoms with E-state index in [2.05, 4.69) is 88.0 Å². The van der Waals surface area contributed by atoms with Gasteiger partial charge in [0.25, 0.3) is 0 Å². The van der Waals surface area contributed by atoms with E-state index in [1.54, 1.807) is 0 Å². The van der Waals surface area contributed by atoms with E-state index < -0.39 is 8.07 Å². The van der Waals surface area contributed by atoms with Crippen molar-refractivity contribution < 1.29 is 0 Å². The topological polar surface area (TPSA) is 54.7 Å². The molecular weight excluding hydrogens is 346 g/mol. The molecule has 3 nitrogen and oxygen atoms in total. The standard InChI is InChI=1S/C23H33N3Si/c1-15(2)27(16(3)4,17(5)6)22(18-9-11-19(24)12-10-18)21-14-26-23-20(21)8-7-13-25-23/h7-17,22H,24H2,1-6H3,(H,25,26). The molecule has 0 aliphatic carbocycles. The van der Waals surface area contributed by atoms with Crippen molar-refractivity contribution >= 4 is 24.8 Å². The van der Waals surface area contributed by atoms with E-state index in [1.165, 1.54) is 16.5 Å². The zero-order valence-corrected chi connectivity index (χ0v) is 18.5. The second kappa shape index (κ2) is 7.51. The third-order valence-electron chi connectivity index (χ3n) is 6.56. The third-order valence-corrected chi connectivity index (χ3v) is 14.2. The number of benzene rings is 1. The van der Waals surface area contributed by atoms with Crippen LogP contribution in [0.3, 0.4) is 0 Å². The molecule has 0 saturated heterocycles. The molecule has 2 aromatic heterocycles. The minimum atomic E-state index is -1.83. The Hall–Kier alpha value is -2.07. The number of nitrogens with zero attached hydrogens (tertiary/aromatic N) is 1. The number of nitrogens with one attached hydrogen (secondary N) is 1. The lowest BCUT2D eigenvalue weighted by molar-refractivity contribution is 0.768. The molecule has 0 radical (unpaired) electrons. The van der Waals surface area contributed by atoms with E-state index in [0.717, 1.165) is 11.3 Å². The van der Waals surface area contributed by atoms with Crippen molar-refractivity contribution in [3.05, 3.63) is 59.9 Å². The highest BCUT2D eigenvalue weighted by molar-refractivity contribution is 6.85. The van der Waals surface area contributed by atoms with Crippen LogP contribution in [0, 0.1) is 0 Å². The van der Waals surface area contributed by atoms with Crippen LogP contribution in [0.4, 0.5) is 5.69 Å². The minimum Gasteiger partial charge on any atom is -0.399 e. The predicted molar refractivity (Wildman–Crippen MR) is 120 cm³/mol. The average molecular weight is 380 g/mol. The van der Waals surface area contributed by atoms with Crippen molar-refractivity contribution in [2.75, 3.05) is 5.73 Å². The van der Waals surface area contributed by atoms with Crippen LogP contribution in [-0.2, 0) is 0 Å². The van der Waals surface area contributed by atoms with Gasteiger partial charge in [0.15, 0.2) is 0 Å². The first-order chi connectivity index (χ1) is 12.8. The van der Waals surface area contributed by atoms with Crippen molar-refractivity contribution in [1.82, 2.24) is 9.97 Å². The molecule has 0 saturated carbocycles. The molecule has 3 rings (SSSR count). The Morgan fingerprint density at radius 3 is 2.04 bits per heavy atom. The summed E-state index contributed by atoms with van der Waals surface area (Å²) in [6.45, 7) is 14.6. The second-order valence-corrected chi connectivity index (χ2v) is 14.7. The van der Waals surface area contributed by atoms with Crippen LogP contribution in [0.25, 0.3) is 11.0 Å². The molecule has 0 aliphatic rings. The number of rotatable bonds is 6. The summed E-state index contributed by atoms with van der Waals surface area (Å²) < 4.78 is 0. The van der Waals surface area contributed by atoms with Gasteiger partial charge >= 0.3 is 0 Å². The average Bonchev–Trinajstić information content (AvgIpc) is 3.03. The SMILES string of the molecule is CC(C)[Si](C(C)C)(C(C)C)C(c1ccc(N)cc1)c1c[nH]c2ncccc12. The minimum absolute atomic E-state index is 0.399. The number of pyridine rings is 1. The zero-order chi connectivity index (χ0) is 19.8. The largest absolute Gasteiger partial charge is 0.399 e. The van der Waals surface area contributed by atoms with Gasteiger partial charge in [0, 0.05) is 29.0 Å². The lowest BCUT2D eigenvalue weighted by Gasteiger charge is -2.49. The highest BCUT2D eigenvalue weighted by Crippen LogP contribution is 2.53. The van der Waals surface area contributed by atoms with Gasteiger partial charge in [0.05, 0.1) is 8.07 Å². The summed E-state index contributed by atoms with van der Waals surface area (Å²) in [6.07, 6.45) is 4.06. The molecule has 0 bridgehead atoms. The zero-order valence-electron chi connectivity index (χ0n) is 17.5. The summed E-state index contributed by atoms with van der Waals surface area (Å²) in [7, 11) is -1.83. The number of fused-ring (bicyclic) bond motifs is 1. The highest BCUT2D eigenvalue weighted by Gasteiger charge is 2.50. The fourth-order valence-corrected chi connectivity index (χ4v) is 13.2. The lowest BCUT2D eigenvalue weighted by atomic mass is 10.0. The predicted octanol–water partition coefficient (Wildman–Crippen LogP) is 6.50. The smallest absolute Gasteiger partial charge is 0.137 e. The van der Waals surface area contributed by atoms with Crippen molar-refractivity contribution in [1.29, 1.82) is 0 Å². The quantitative estimate of drug-likeness (QED) is 0.379. The molecule has 1 unspecified atom stereocenters. The molecule has 0 spiro atoms. The fourth-order valence-electron chi connectivity index (χ4n) is 5.64. The molecule has 27 heavy (non-hydrogen) atoms. The summed E-state index contributed by atoms with van der Waals surface area (Å²) >= 11 is 0. The van der Waals surface area contributed by atoms with Crippen LogP contribution in [0.2, 0.25) is 16.6 Å². The van der Waals surface area contributed by atoms with Gasteiger partial charge in [0.1, 0.15) is 5.65 Å². The fraction of sp³-hybridized carbons (Fsp3) is 0.435. The molecule has 4 heteroatoms. The van der Waals surface area contributed by atoms with Crippen LogP contribution in [0.5, 0.6) is 0 Å². The molecule has 1 atom stereocenters. The Morgan fingerprint density at radius 1 is 0.889 bits per heavy atom. The Morgan fingerprint density at radius 2 is 1.48 bits per heavy atom. The first-order valence-corrected chi connectivity index (χ1v) is 12.4. The molecule has 0 fully saturated rings. The van der Waals surface area contributed by atoms with Gasteiger partial charge < -0.3 is 10.7 Å². The molecule has 144 valence electrons. The number of anilines is 1. The van der Waals surface area contributed by atoms with Crippen LogP contribution >= 0.6 is 0 Å². The van der Waals surface area contributed by atoms with E-state index in [-0.39, 0.29) is 0 Å². The molecule has 0 aliphatic heterocycles. The number of aromatic nitrogens is 2. The van der Waals surface area contributed by atoms with E-state index in [0.29, 0.717) is 22.2 Å². The van der Waals surface area contributed by atoms with Crippen molar-refractivity contribution in [3.8, 4) is 0 Å². The lowest BCUT2D eigenvalue weighted by Crippen LogP contribution is -2.51. The first-order valence-electron chi connectivity index (χ1n) is 10.1. The van der Waals surface area contributed by atoms with E-state index in [4.69, 9.17) is 5.73 Å². The van der Waals surface area contributed by atoms with Gasteiger partial charge in [-0.1, -0.05) is 53.7 Å². The normalized spacial score (nSPS) is 13.8. The Labute approximate surface area is 164 Å². The third kappa shape index (κ3) is 3.20. The maximum Gasteiger partial charge on any atom is 0.137 e. The van der Waals surface area contributed by atoms with Gasteiger partial charge in [0.2, 0.25) is 0 Å². The first kappa shape index (κ1) is 19.7. The van der Waals surface area contributed by atoms with E-state index in [1.807, 2.05) is 12.3 Å². The second-order valence-electron chi connectivity index (χ2n) is 8.71. The molecular formula is C23H33N3Si. The van der Waals surface area contributed by atoms with E-state index in [9.17, 15) is 0 Å². The number of H-pyrrole nitrogens is 1. The van der Waals surface area contributed by atoms with Gasteiger partial charge in [-0.2, -0.15) is 0 Å². The van der Waals surface area contributed by atoms with Gasteiger partial charge in [-0.25, -0.2) is 4.98 Å². The summed E-state index contributed by atoms with van der Waals surface area (Å²) in [5, 5.41) is 1.25. The van der Waals surface area contributed by atoms with Crippen LogP contribution in [0.1, 0.15) is 58.2 Å². The Balaban J connectivity index is 2.35. The number of hydrogen-bond acceptors (Lipinski definition) is 2. The molecule has 3 aromatic rings. The van der Waals surface area contributed by atoms with Gasteiger partial charge in [-0.15, -0.1) is 0 Å². The summed E-state index contributed by atoms with van der Waals surface area (Å²) in [4.78, 5) is 7.97. The van der Waals surface area contributed by atoms with Crippen LogP contribution < -0.4 is 5.73 Å². The molecule has 2 heterocycles. The van der Waals surface area contributed by atoms with Gasteiger partial charge in [-0.05, 0) is 52.0 Å². The molecule has 3 N–H and O–H groups in total.